The van der Waals surface area contributed by atoms with Gasteiger partial charge in [-0.15, -0.1) is 0 Å². The van der Waals surface area contributed by atoms with Crippen LogP contribution in [0, 0.1) is 10.1 Å². The van der Waals surface area contributed by atoms with Crippen LogP contribution in [-0.2, 0) is 4.79 Å². The number of rotatable bonds is 6. The van der Waals surface area contributed by atoms with Crippen LogP contribution in [0.3, 0.4) is 0 Å². The molecule has 2 unspecified atom stereocenters. The molecule has 0 radical (unpaired) electrons. The number of nitrogens with one attached hydrogen (secondary N) is 1. The molecule has 118 valence electrons. The van der Waals surface area contributed by atoms with Gasteiger partial charge in [-0.25, -0.2) is 0 Å². The minimum Gasteiger partial charge on any atom is -0.390 e. The third-order valence-corrected chi connectivity index (χ3v) is 4.03. The van der Waals surface area contributed by atoms with E-state index >= 15 is 0 Å². The first kappa shape index (κ1) is 16.4. The highest BCUT2D eigenvalue weighted by Crippen LogP contribution is 2.30. The van der Waals surface area contributed by atoms with Gasteiger partial charge in [-0.05, 0) is 18.1 Å². The van der Waals surface area contributed by atoms with Crippen LogP contribution in [0.1, 0.15) is 25.0 Å². The van der Waals surface area contributed by atoms with Crippen molar-refractivity contribution in [2.75, 3.05) is 5.75 Å². The maximum atomic E-state index is 11.1. The van der Waals surface area contributed by atoms with Gasteiger partial charge in [-0.3, -0.25) is 20.0 Å². The number of carbonyl (C=O) groups excluding carboxylic acids is 1. The van der Waals surface area contributed by atoms with Gasteiger partial charge in [0.2, 0.25) is 0 Å². The summed E-state index contributed by atoms with van der Waals surface area (Å²) in [5.41, 5.74) is 0.447. The minimum absolute atomic E-state index is 0.0730. The van der Waals surface area contributed by atoms with E-state index in [1.54, 1.807) is 0 Å². The lowest BCUT2D eigenvalue weighted by Gasteiger charge is -2.17. The van der Waals surface area contributed by atoms with Crippen LogP contribution in [0.2, 0.25) is 0 Å². The van der Waals surface area contributed by atoms with Crippen LogP contribution < -0.4 is 0 Å². The third-order valence-electron chi connectivity index (χ3n) is 3.18. The van der Waals surface area contributed by atoms with Crippen LogP contribution >= 0.6 is 11.8 Å². The van der Waals surface area contributed by atoms with E-state index in [-0.39, 0.29) is 22.8 Å². The molecule has 0 spiro atoms. The van der Waals surface area contributed by atoms with Crippen molar-refractivity contribution in [3.05, 3.63) is 34.0 Å². The number of aromatic amines is 1. The van der Waals surface area contributed by atoms with Crippen molar-refractivity contribution in [3.63, 3.8) is 0 Å². The Balaban J connectivity index is 2.21. The first-order valence-electron chi connectivity index (χ1n) is 6.51. The lowest BCUT2D eigenvalue weighted by atomic mass is 10.0. The number of aliphatic hydroxyl groups excluding tert-OH is 2. The van der Waals surface area contributed by atoms with E-state index < -0.39 is 17.1 Å². The summed E-state index contributed by atoms with van der Waals surface area (Å²) in [7, 11) is 0. The summed E-state index contributed by atoms with van der Waals surface area (Å²) in [5.74, 6) is 0.363. The molecule has 0 saturated carbocycles. The predicted octanol–water partition coefficient (Wildman–Crippen LogP) is 1.54. The molecule has 22 heavy (non-hydrogen) atoms. The molecule has 0 amide bonds. The molecule has 0 fully saturated rings. The SMILES string of the molecule is CC(=O)SCCC(O)C(O)c1cc([N+](=O)[O-])c2cn[nH]c2c1. The average molecular weight is 325 g/mol. The number of non-ortho nitro benzene ring substituents is 1. The zero-order chi connectivity index (χ0) is 16.3. The van der Waals surface area contributed by atoms with Gasteiger partial charge in [0.05, 0.1) is 28.1 Å². The maximum Gasteiger partial charge on any atom is 0.280 e. The molecule has 1 heterocycles. The second-order valence-electron chi connectivity index (χ2n) is 4.77. The van der Waals surface area contributed by atoms with E-state index in [1.165, 1.54) is 25.3 Å². The van der Waals surface area contributed by atoms with E-state index in [1.807, 2.05) is 0 Å². The number of carbonyl (C=O) groups is 1. The number of H-pyrrole nitrogens is 1. The lowest BCUT2D eigenvalue weighted by Crippen LogP contribution is -2.19. The molecule has 9 heteroatoms. The van der Waals surface area contributed by atoms with E-state index in [2.05, 4.69) is 10.2 Å². The Bertz CT molecular complexity index is 702. The van der Waals surface area contributed by atoms with Gasteiger partial charge < -0.3 is 10.2 Å². The Morgan fingerprint density at radius 1 is 1.50 bits per heavy atom. The lowest BCUT2D eigenvalue weighted by molar-refractivity contribution is -0.383. The molecule has 0 aliphatic carbocycles. The summed E-state index contributed by atoms with van der Waals surface area (Å²) >= 11 is 1.05. The second-order valence-corrected chi connectivity index (χ2v) is 6.04. The number of aromatic nitrogens is 2. The molecule has 2 atom stereocenters. The summed E-state index contributed by atoms with van der Waals surface area (Å²) in [6.45, 7) is 1.42. The molecule has 3 N–H and O–H groups in total. The summed E-state index contributed by atoms with van der Waals surface area (Å²) in [5, 5.41) is 37.8. The Morgan fingerprint density at radius 2 is 2.23 bits per heavy atom. The maximum absolute atomic E-state index is 11.1. The Hall–Kier alpha value is -1.97. The van der Waals surface area contributed by atoms with Crippen molar-refractivity contribution in [3.8, 4) is 0 Å². The molecule has 0 saturated heterocycles. The van der Waals surface area contributed by atoms with Crippen LogP contribution in [0.25, 0.3) is 10.9 Å². The zero-order valence-electron chi connectivity index (χ0n) is 11.7. The van der Waals surface area contributed by atoms with E-state index in [4.69, 9.17) is 0 Å². The van der Waals surface area contributed by atoms with E-state index in [0.717, 1.165) is 11.8 Å². The van der Waals surface area contributed by atoms with E-state index in [0.29, 0.717) is 16.7 Å². The third kappa shape index (κ3) is 3.62. The van der Waals surface area contributed by atoms with Gasteiger partial charge in [0.15, 0.2) is 5.12 Å². The smallest absolute Gasteiger partial charge is 0.280 e. The van der Waals surface area contributed by atoms with Crippen molar-refractivity contribution in [2.45, 2.75) is 25.6 Å². The molecule has 2 rings (SSSR count). The van der Waals surface area contributed by atoms with Crippen molar-refractivity contribution in [2.24, 2.45) is 0 Å². The Labute approximate surface area is 129 Å². The molecular weight excluding hydrogens is 310 g/mol. The van der Waals surface area contributed by atoms with Crippen molar-refractivity contribution < 1.29 is 19.9 Å². The molecule has 2 aromatic rings. The largest absolute Gasteiger partial charge is 0.390 e. The van der Waals surface area contributed by atoms with Crippen LogP contribution in [0.15, 0.2) is 18.3 Å². The van der Waals surface area contributed by atoms with Gasteiger partial charge in [0.25, 0.3) is 5.69 Å². The fraction of sp³-hybridized carbons (Fsp3) is 0.385. The van der Waals surface area contributed by atoms with Crippen LogP contribution in [-0.4, -0.2) is 42.3 Å². The first-order valence-corrected chi connectivity index (χ1v) is 7.49. The molecule has 1 aromatic heterocycles. The highest BCUT2D eigenvalue weighted by Gasteiger charge is 2.23. The van der Waals surface area contributed by atoms with Gasteiger partial charge in [0, 0.05) is 18.7 Å². The summed E-state index contributed by atoms with van der Waals surface area (Å²) in [4.78, 5) is 21.4. The standard InChI is InChI=1S/C13H15N3O5S/c1-7(17)22-3-2-12(18)13(19)8-4-10-9(6-14-15-10)11(5-8)16(20)21/h4-6,12-13,18-19H,2-3H2,1H3,(H,14,15). The topological polar surface area (TPSA) is 129 Å². The summed E-state index contributed by atoms with van der Waals surface area (Å²) < 4.78 is 0. The van der Waals surface area contributed by atoms with Crippen molar-refractivity contribution in [1.82, 2.24) is 10.2 Å². The predicted molar refractivity (Wildman–Crippen MR) is 81.5 cm³/mol. The number of aliphatic hydroxyl groups is 2. The number of benzene rings is 1. The second kappa shape index (κ2) is 6.86. The van der Waals surface area contributed by atoms with Gasteiger partial charge in [-0.1, -0.05) is 11.8 Å². The monoisotopic (exact) mass is 325 g/mol. The first-order chi connectivity index (χ1) is 10.4. The summed E-state index contributed by atoms with van der Waals surface area (Å²) in [6.07, 6.45) is -0.866. The number of nitrogens with zero attached hydrogens (tertiary/aromatic N) is 2. The number of fused-ring (bicyclic) bond motifs is 1. The molecule has 0 bridgehead atoms. The molecule has 1 aromatic carbocycles. The Kier molecular flexibility index (Phi) is 5.11. The molecule has 8 nitrogen and oxygen atoms in total. The fourth-order valence-corrected chi connectivity index (χ4v) is 2.73. The quantitative estimate of drug-likeness (QED) is 0.542. The van der Waals surface area contributed by atoms with Gasteiger partial charge in [-0.2, -0.15) is 5.10 Å². The number of nitro benzene ring substituents is 1. The Morgan fingerprint density at radius 3 is 2.86 bits per heavy atom. The molecule has 0 aliphatic heterocycles. The van der Waals surface area contributed by atoms with E-state index in [9.17, 15) is 25.1 Å². The summed E-state index contributed by atoms with van der Waals surface area (Å²) in [6, 6.07) is 2.74. The van der Waals surface area contributed by atoms with Gasteiger partial charge in [0.1, 0.15) is 6.10 Å². The molecule has 0 aliphatic rings. The average Bonchev–Trinajstić information content (AvgIpc) is 2.92. The van der Waals surface area contributed by atoms with Crippen LogP contribution in [0.5, 0.6) is 0 Å². The number of hydrogen-bond acceptors (Lipinski definition) is 7. The number of hydrogen-bond donors (Lipinski definition) is 3. The normalized spacial score (nSPS) is 14.0. The van der Waals surface area contributed by atoms with Crippen molar-refractivity contribution >= 4 is 33.5 Å². The zero-order valence-corrected chi connectivity index (χ0v) is 12.5. The fourth-order valence-electron chi connectivity index (χ4n) is 2.08. The molecular formula is C13H15N3O5S. The number of thioether (sulfide) groups is 1. The number of nitro groups is 1. The highest BCUT2D eigenvalue weighted by molar-refractivity contribution is 8.13. The van der Waals surface area contributed by atoms with Gasteiger partial charge >= 0.3 is 0 Å². The minimum atomic E-state index is -1.28. The van der Waals surface area contributed by atoms with Crippen molar-refractivity contribution in [1.29, 1.82) is 0 Å². The highest BCUT2D eigenvalue weighted by atomic mass is 32.2. The van der Waals surface area contributed by atoms with Crippen LogP contribution in [0.4, 0.5) is 5.69 Å².